The number of rotatable bonds is 9. The van der Waals surface area contributed by atoms with Crippen LogP contribution in [0, 0.1) is 0 Å². The third-order valence-corrected chi connectivity index (χ3v) is 3.95. The van der Waals surface area contributed by atoms with Crippen LogP contribution in [0.5, 0.6) is 0 Å². The van der Waals surface area contributed by atoms with E-state index in [0.717, 1.165) is 50.5 Å². The molecule has 2 N–H and O–H groups in total. The first-order valence-electron chi connectivity index (χ1n) is 8.12. The Hall–Kier alpha value is -1.36. The van der Waals surface area contributed by atoms with E-state index in [1.807, 2.05) is 0 Å². The minimum Gasteiger partial charge on any atom is -0.383 e. The average molecular weight is 293 g/mol. The van der Waals surface area contributed by atoms with Crippen LogP contribution in [-0.2, 0) is 0 Å². The molecule has 0 amide bonds. The fraction of sp³-hybridized carbons (Fsp3) is 0.750. The molecule has 0 spiro atoms. The van der Waals surface area contributed by atoms with Gasteiger partial charge in [-0.25, -0.2) is 9.97 Å². The van der Waals surface area contributed by atoms with Crippen LogP contribution in [0.1, 0.15) is 52.5 Å². The highest BCUT2D eigenvalue weighted by molar-refractivity contribution is 5.58. The molecular weight excluding hydrogens is 262 g/mol. The molecule has 0 radical (unpaired) electrons. The monoisotopic (exact) mass is 293 g/mol. The first-order chi connectivity index (χ1) is 10.0. The van der Waals surface area contributed by atoms with Gasteiger partial charge < -0.3 is 15.5 Å². The van der Waals surface area contributed by atoms with Crippen molar-refractivity contribution in [1.82, 2.24) is 14.9 Å². The van der Waals surface area contributed by atoms with Gasteiger partial charge in [-0.15, -0.1) is 0 Å². The number of nitrogens with two attached hydrogens (primary N) is 1. The summed E-state index contributed by atoms with van der Waals surface area (Å²) in [4.78, 5) is 13.4. The maximum Gasteiger partial charge on any atom is 0.137 e. The Morgan fingerprint density at radius 2 is 1.71 bits per heavy atom. The number of anilines is 2. The largest absolute Gasteiger partial charge is 0.383 e. The van der Waals surface area contributed by atoms with Crippen molar-refractivity contribution >= 4 is 11.6 Å². The predicted octanol–water partition coefficient (Wildman–Crippen LogP) is 2.74. The molecule has 21 heavy (non-hydrogen) atoms. The molecule has 5 nitrogen and oxygen atoms in total. The van der Waals surface area contributed by atoms with Crippen molar-refractivity contribution in [1.29, 1.82) is 0 Å². The Morgan fingerprint density at radius 1 is 1.05 bits per heavy atom. The Morgan fingerprint density at radius 3 is 2.24 bits per heavy atom. The van der Waals surface area contributed by atoms with E-state index >= 15 is 0 Å². The van der Waals surface area contributed by atoms with Gasteiger partial charge >= 0.3 is 0 Å². The summed E-state index contributed by atoms with van der Waals surface area (Å²) in [5.74, 6) is 1.94. The third-order valence-electron chi connectivity index (χ3n) is 3.95. The van der Waals surface area contributed by atoms with Gasteiger partial charge in [-0.1, -0.05) is 27.7 Å². The van der Waals surface area contributed by atoms with Gasteiger partial charge in [-0.3, -0.25) is 0 Å². The van der Waals surface area contributed by atoms with Crippen LogP contribution in [0.15, 0.2) is 6.33 Å². The van der Waals surface area contributed by atoms with Gasteiger partial charge in [0.25, 0.3) is 0 Å². The molecule has 0 aliphatic heterocycles. The molecule has 1 rings (SSSR count). The fourth-order valence-electron chi connectivity index (χ4n) is 2.64. The van der Waals surface area contributed by atoms with Gasteiger partial charge in [-0.2, -0.15) is 0 Å². The van der Waals surface area contributed by atoms with Gasteiger partial charge in [0.05, 0.1) is 0 Å². The SMILES string of the molecule is CCN(CC)CCCN(CC)c1ncnc(N)c1C(C)C. The van der Waals surface area contributed by atoms with E-state index in [2.05, 4.69) is 54.4 Å². The van der Waals surface area contributed by atoms with Crippen LogP contribution in [0.4, 0.5) is 11.6 Å². The summed E-state index contributed by atoms with van der Waals surface area (Å²) in [6, 6.07) is 0. The Labute approximate surface area is 129 Å². The molecule has 0 bridgehead atoms. The quantitative estimate of drug-likeness (QED) is 0.758. The van der Waals surface area contributed by atoms with Crippen molar-refractivity contribution < 1.29 is 0 Å². The van der Waals surface area contributed by atoms with Crippen LogP contribution < -0.4 is 10.6 Å². The normalized spacial score (nSPS) is 11.4. The van der Waals surface area contributed by atoms with E-state index in [1.54, 1.807) is 6.33 Å². The lowest BCUT2D eigenvalue weighted by atomic mass is 10.0. The molecule has 1 heterocycles. The summed E-state index contributed by atoms with van der Waals surface area (Å²) < 4.78 is 0. The average Bonchev–Trinajstić information content (AvgIpc) is 2.47. The van der Waals surface area contributed by atoms with E-state index < -0.39 is 0 Å². The second-order valence-corrected chi connectivity index (χ2v) is 5.61. The van der Waals surface area contributed by atoms with E-state index in [4.69, 9.17) is 5.73 Å². The summed E-state index contributed by atoms with van der Waals surface area (Å²) in [5.41, 5.74) is 7.12. The van der Waals surface area contributed by atoms with Gasteiger partial charge in [-0.05, 0) is 38.9 Å². The Bertz CT molecular complexity index is 415. The van der Waals surface area contributed by atoms with Crippen LogP contribution in [0.2, 0.25) is 0 Å². The Balaban J connectivity index is 2.79. The predicted molar refractivity (Wildman–Crippen MR) is 90.8 cm³/mol. The molecule has 0 saturated heterocycles. The van der Waals surface area contributed by atoms with Gasteiger partial charge in [0, 0.05) is 18.7 Å². The van der Waals surface area contributed by atoms with E-state index in [9.17, 15) is 0 Å². The summed E-state index contributed by atoms with van der Waals surface area (Å²) in [7, 11) is 0. The molecule has 0 fully saturated rings. The summed E-state index contributed by atoms with van der Waals surface area (Å²) in [5, 5.41) is 0. The van der Waals surface area contributed by atoms with Crippen molar-refractivity contribution in [2.45, 2.75) is 47.0 Å². The summed E-state index contributed by atoms with van der Waals surface area (Å²) in [6.45, 7) is 16.2. The van der Waals surface area contributed by atoms with Crippen LogP contribution in [0.25, 0.3) is 0 Å². The molecule has 5 heteroatoms. The molecule has 0 aromatic carbocycles. The highest BCUT2D eigenvalue weighted by Gasteiger charge is 2.17. The summed E-state index contributed by atoms with van der Waals surface area (Å²) in [6.07, 6.45) is 2.71. The van der Waals surface area contributed by atoms with E-state index in [1.165, 1.54) is 0 Å². The molecule has 0 atom stereocenters. The molecule has 0 saturated carbocycles. The molecule has 0 aliphatic carbocycles. The zero-order chi connectivity index (χ0) is 15.8. The second-order valence-electron chi connectivity index (χ2n) is 5.61. The van der Waals surface area contributed by atoms with Gasteiger partial charge in [0.15, 0.2) is 0 Å². The first-order valence-corrected chi connectivity index (χ1v) is 8.12. The van der Waals surface area contributed by atoms with Crippen LogP contribution >= 0.6 is 0 Å². The molecule has 0 aliphatic rings. The zero-order valence-corrected chi connectivity index (χ0v) is 14.3. The lowest BCUT2D eigenvalue weighted by molar-refractivity contribution is 0.300. The molecule has 1 aromatic heterocycles. The highest BCUT2D eigenvalue weighted by Crippen LogP contribution is 2.29. The first kappa shape index (κ1) is 17.7. The minimum absolute atomic E-state index is 0.332. The number of aromatic nitrogens is 2. The maximum absolute atomic E-state index is 6.05. The molecule has 0 unspecified atom stereocenters. The molecule has 1 aromatic rings. The topological polar surface area (TPSA) is 58.3 Å². The van der Waals surface area contributed by atoms with E-state index in [-0.39, 0.29) is 0 Å². The standard InChI is InChI=1S/C16H31N5/c1-6-20(7-2)10-9-11-21(8-3)16-14(13(4)5)15(17)18-12-19-16/h12-13H,6-11H2,1-5H3,(H2,17,18,19). The minimum atomic E-state index is 0.332. The maximum atomic E-state index is 6.05. The smallest absolute Gasteiger partial charge is 0.137 e. The Kier molecular flexibility index (Phi) is 7.43. The molecule has 120 valence electrons. The number of hydrogen-bond acceptors (Lipinski definition) is 5. The van der Waals surface area contributed by atoms with Gasteiger partial charge in [0.1, 0.15) is 18.0 Å². The van der Waals surface area contributed by atoms with Crippen molar-refractivity contribution in [2.75, 3.05) is 43.4 Å². The lowest BCUT2D eigenvalue weighted by Crippen LogP contribution is -2.31. The van der Waals surface area contributed by atoms with Crippen LogP contribution in [0.3, 0.4) is 0 Å². The molecular formula is C16H31N5. The second kappa shape index (κ2) is 8.82. The van der Waals surface area contributed by atoms with Crippen molar-refractivity contribution in [3.05, 3.63) is 11.9 Å². The fourth-order valence-corrected chi connectivity index (χ4v) is 2.64. The van der Waals surface area contributed by atoms with Crippen molar-refractivity contribution in [2.24, 2.45) is 0 Å². The van der Waals surface area contributed by atoms with E-state index in [0.29, 0.717) is 11.7 Å². The highest BCUT2D eigenvalue weighted by atomic mass is 15.2. The number of nitrogens with zero attached hydrogens (tertiary/aromatic N) is 4. The van der Waals surface area contributed by atoms with Gasteiger partial charge in [0.2, 0.25) is 0 Å². The summed E-state index contributed by atoms with van der Waals surface area (Å²) >= 11 is 0. The lowest BCUT2D eigenvalue weighted by Gasteiger charge is -2.27. The zero-order valence-electron chi connectivity index (χ0n) is 14.3. The third kappa shape index (κ3) is 4.84. The van der Waals surface area contributed by atoms with Crippen LogP contribution in [-0.4, -0.2) is 47.6 Å². The van der Waals surface area contributed by atoms with Crippen molar-refractivity contribution in [3.8, 4) is 0 Å². The van der Waals surface area contributed by atoms with Crippen molar-refractivity contribution in [3.63, 3.8) is 0 Å². The number of hydrogen-bond donors (Lipinski definition) is 1. The number of nitrogen functional groups attached to an aromatic ring is 1.